The SMILES string of the molecule is COc1cccc2c(C)cc(=O)n(CCC(=O)Nc3ccc(Cl)cc3Cl)c12. The number of amides is 1. The van der Waals surface area contributed by atoms with Crippen molar-refractivity contribution in [3.05, 3.63) is 68.4 Å². The Bertz CT molecular complexity index is 1080. The van der Waals surface area contributed by atoms with Gasteiger partial charge in [-0.2, -0.15) is 0 Å². The first-order valence-corrected chi connectivity index (χ1v) is 9.08. The van der Waals surface area contributed by atoms with Gasteiger partial charge in [0.25, 0.3) is 5.56 Å². The van der Waals surface area contributed by atoms with Gasteiger partial charge in [-0.25, -0.2) is 0 Å². The molecule has 0 bridgehead atoms. The quantitative estimate of drug-likeness (QED) is 0.672. The topological polar surface area (TPSA) is 60.3 Å². The highest BCUT2D eigenvalue weighted by molar-refractivity contribution is 6.36. The molecule has 7 heteroatoms. The third-order valence-electron chi connectivity index (χ3n) is 4.29. The number of rotatable bonds is 5. The molecule has 0 radical (unpaired) electrons. The van der Waals surface area contributed by atoms with Gasteiger partial charge in [0.2, 0.25) is 5.91 Å². The molecule has 1 N–H and O–H groups in total. The van der Waals surface area contributed by atoms with Crippen molar-refractivity contribution in [2.75, 3.05) is 12.4 Å². The first-order chi connectivity index (χ1) is 12.9. The molecular formula is C20H18Cl2N2O3. The molecule has 0 saturated heterocycles. The molecule has 3 aromatic rings. The molecule has 140 valence electrons. The van der Waals surface area contributed by atoms with E-state index in [2.05, 4.69) is 5.32 Å². The standard InChI is InChI=1S/C20H18Cl2N2O3/c1-12-10-19(26)24(20-14(12)4-3-5-17(20)27-2)9-8-18(25)23-16-7-6-13(21)11-15(16)22/h3-7,10-11H,8-9H2,1-2H3,(H,23,25). The van der Waals surface area contributed by atoms with Crippen LogP contribution in [0.2, 0.25) is 10.0 Å². The van der Waals surface area contributed by atoms with E-state index in [1.54, 1.807) is 42.0 Å². The predicted octanol–water partition coefficient (Wildman–Crippen LogP) is 4.65. The summed E-state index contributed by atoms with van der Waals surface area (Å²) in [5.74, 6) is 0.337. The normalized spacial score (nSPS) is 10.8. The van der Waals surface area contributed by atoms with E-state index in [1.807, 2.05) is 19.1 Å². The number of hydrogen-bond donors (Lipinski definition) is 1. The number of nitrogens with one attached hydrogen (secondary N) is 1. The Balaban J connectivity index is 1.86. The number of hydrogen-bond acceptors (Lipinski definition) is 3. The van der Waals surface area contributed by atoms with Crippen LogP contribution in [-0.4, -0.2) is 17.6 Å². The maximum atomic E-state index is 12.5. The molecule has 1 amide bonds. The van der Waals surface area contributed by atoms with E-state index in [9.17, 15) is 9.59 Å². The predicted molar refractivity (Wildman–Crippen MR) is 109 cm³/mol. The molecule has 0 spiro atoms. The van der Waals surface area contributed by atoms with Crippen molar-refractivity contribution in [1.29, 1.82) is 0 Å². The molecule has 0 saturated carbocycles. The van der Waals surface area contributed by atoms with Crippen molar-refractivity contribution in [3.8, 4) is 5.75 Å². The number of carbonyl (C=O) groups excluding carboxylic acids is 1. The second kappa shape index (κ2) is 8.03. The summed E-state index contributed by atoms with van der Waals surface area (Å²) in [6.45, 7) is 2.09. The van der Waals surface area contributed by atoms with Gasteiger partial charge in [-0.1, -0.05) is 35.3 Å². The minimum absolute atomic E-state index is 0.106. The molecule has 0 unspecified atom stereocenters. The molecule has 0 aliphatic carbocycles. The Hall–Kier alpha value is -2.50. The van der Waals surface area contributed by atoms with Crippen LogP contribution in [0.3, 0.4) is 0 Å². The number of carbonyl (C=O) groups is 1. The molecule has 27 heavy (non-hydrogen) atoms. The van der Waals surface area contributed by atoms with Crippen molar-refractivity contribution < 1.29 is 9.53 Å². The van der Waals surface area contributed by atoms with Crippen LogP contribution >= 0.6 is 23.2 Å². The number of halogens is 2. The van der Waals surface area contributed by atoms with Gasteiger partial charge in [0, 0.05) is 29.4 Å². The summed E-state index contributed by atoms with van der Waals surface area (Å²) in [4.78, 5) is 24.9. The van der Waals surface area contributed by atoms with Gasteiger partial charge in [0.1, 0.15) is 5.75 Å². The van der Waals surface area contributed by atoms with E-state index in [1.165, 1.54) is 0 Å². The van der Waals surface area contributed by atoms with Crippen LogP contribution < -0.4 is 15.6 Å². The largest absolute Gasteiger partial charge is 0.495 e. The number of benzene rings is 2. The highest BCUT2D eigenvalue weighted by Crippen LogP contribution is 2.27. The molecule has 3 rings (SSSR count). The molecule has 1 aromatic heterocycles. The number of aromatic nitrogens is 1. The summed E-state index contributed by atoms with van der Waals surface area (Å²) in [7, 11) is 1.56. The minimum atomic E-state index is -0.255. The van der Waals surface area contributed by atoms with Crippen molar-refractivity contribution in [2.45, 2.75) is 19.9 Å². The molecule has 0 aliphatic heterocycles. The maximum absolute atomic E-state index is 12.5. The highest BCUT2D eigenvalue weighted by Gasteiger charge is 2.13. The molecule has 2 aromatic carbocycles. The summed E-state index contributed by atoms with van der Waals surface area (Å²) in [6, 6.07) is 12.0. The van der Waals surface area contributed by atoms with E-state index in [0.717, 1.165) is 10.9 Å². The second-order valence-corrected chi connectivity index (χ2v) is 6.94. The molecule has 0 aliphatic rings. The summed E-state index contributed by atoms with van der Waals surface area (Å²) in [5, 5.41) is 4.50. The number of methoxy groups -OCH3 is 1. The van der Waals surface area contributed by atoms with Gasteiger partial charge in [0.15, 0.2) is 0 Å². The average Bonchev–Trinajstić information content (AvgIpc) is 2.63. The Morgan fingerprint density at radius 1 is 1.19 bits per heavy atom. The number of ether oxygens (including phenoxy) is 1. The lowest BCUT2D eigenvalue weighted by Gasteiger charge is -2.15. The van der Waals surface area contributed by atoms with Crippen molar-refractivity contribution in [1.82, 2.24) is 4.57 Å². The van der Waals surface area contributed by atoms with Gasteiger partial charge < -0.3 is 14.6 Å². The molecule has 0 fully saturated rings. The van der Waals surface area contributed by atoms with E-state index >= 15 is 0 Å². The zero-order valence-corrected chi connectivity index (χ0v) is 16.4. The first-order valence-electron chi connectivity index (χ1n) is 8.32. The van der Waals surface area contributed by atoms with Crippen LogP contribution in [-0.2, 0) is 11.3 Å². The van der Waals surface area contributed by atoms with Gasteiger partial charge >= 0.3 is 0 Å². The lowest BCUT2D eigenvalue weighted by Crippen LogP contribution is -2.24. The van der Waals surface area contributed by atoms with Crippen LogP contribution in [0.1, 0.15) is 12.0 Å². The van der Waals surface area contributed by atoms with E-state index in [0.29, 0.717) is 27.0 Å². The van der Waals surface area contributed by atoms with Gasteiger partial charge in [0.05, 0.1) is 23.3 Å². The number of fused-ring (bicyclic) bond motifs is 1. The Morgan fingerprint density at radius 2 is 1.96 bits per heavy atom. The van der Waals surface area contributed by atoms with Gasteiger partial charge in [-0.15, -0.1) is 0 Å². The lowest BCUT2D eigenvalue weighted by atomic mass is 10.1. The monoisotopic (exact) mass is 404 g/mol. The molecule has 5 nitrogen and oxygen atoms in total. The van der Waals surface area contributed by atoms with Crippen molar-refractivity contribution >= 4 is 45.7 Å². The van der Waals surface area contributed by atoms with Crippen LogP contribution in [0.5, 0.6) is 5.75 Å². The van der Waals surface area contributed by atoms with E-state index < -0.39 is 0 Å². The number of pyridine rings is 1. The first kappa shape index (κ1) is 19.3. The zero-order chi connectivity index (χ0) is 19.6. The second-order valence-electron chi connectivity index (χ2n) is 6.10. The molecule has 0 atom stereocenters. The average molecular weight is 405 g/mol. The zero-order valence-electron chi connectivity index (χ0n) is 14.9. The number of nitrogens with zero attached hydrogens (tertiary/aromatic N) is 1. The fraction of sp³-hybridized carbons (Fsp3) is 0.200. The summed E-state index contributed by atoms with van der Waals surface area (Å²) in [5.41, 5.74) is 1.84. The maximum Gasteiger partial charge on any atom is 0.251 e. The summed E-state index contributed by atoms with van der Waals surface area (Å²) >= 11 is 11.9. The van der Waals surface area contributed by atoms with Crippen molar-refractivity contribution in [3.63, 3.8) is 0 Å². The molecule has 1 heterocycles. The van der Waals surface area contributed by atoms with Crippen LogP contribution in [0, 0.1) is 6.92 Å². The Labute approximate surface area is 166 Å². The smallest absolute Gasteiger partial charge is 0.251 e. The fourth-order valence-corrected chi connectivity index (χ4v) is 3.43. The van der Waals surface area contributed by atoms with Gasteiger partial charge in [-0.05, 0) is 36.8 Å². The summed E-state index contributed by atoms with van der Waals surface area (Å²) < 4.78 is 6.98. The highest BCUT2D eigenvalue weighted by atomic mass is 35.5. The van der Waals surface area contributed by atoms with E-state index in [-0.39, 0.29) is 24.4 Å². The van der Waals surface area contributed by atoms with Crippen LogP contribution in [0.25, 0.3) is 10.9 Å². The third kappa shape index (κ3) is 4.10. The molecular weight excluding hydrogens is 387 g/mol. The minimum Gasteiger partial charge on any atom is -0.495 e. The Kier molecular flexibility index (Phi) is 5.73. The van der Waals surface area contributed by atoms with Crippen LogP contribution in [0.4, 0.5) is 5.69 Å². The van der Waals surface area contributed by atoms with Crippen LogP contribution in [0.15, 0.2) is 47.3 Å². The fourth-order valence-electron chi connectivity index (χ4n) is 2.97. The number of para-hydroxylation sites is 1. The number of anilines is 1. The van der Waals surface area contributed by atoms with Crippen molar-refractivity contribution in [2.24, 2.45) is 0 Å². The summed E-state index contributed by atoms with van der Waals surface area (Å²) in [6.07, 6.45) is 0.106. The third-order valence-corrected chi connectivity index (χ3v) is 4.84. The lowest BCUT2D eigenvalue weighted by molar-refractivity contribution is -0.116. The Morgan fingerprint density at radius 3 is 2.67 bits per heavy atom. The van der Waals surface area contributed by atoms with Gasteiger partial charge in [-0.3, -0.25) is 9.59 Å². The number of aryl methyl sites for hydroxylation is 2. The van der Waals surface area contributed by atoms with E-state index in [4.69, 9.17) is 27.9 Å².